The molecule has 6 heteroatoms. The van der Waals surface area contributed by atoms with Crippen LogP contribution in [0, 0.1) is 0 Å². The number of aliphatic hydroxyl groups is 1. The van der Waals surface area contributed by atoms with Gasteiger partial charge in [0.05, 0.1) is 19.3 Å². The predicted octanol–water partition coefficient (Wildman–Crippen LogP) is 0.909. The molecule has 20 heavy (non-hydrogen) atoms. The van der Waals surface area contributed by atoms with Gasteiger partial charge >= 0.3 is 6.09 Å². The quantitative estimate of drug-likeness (QED) is 0.802. The van der Waals surface area contributed by atoms with Crippen molar-refractivity contribution in [1.29, 1.82) is 0 Å². The topological polar surface area (TPSA) is 71.0 Å². The Morgan fingerprint density at radius 3 is 2.90 bits per heavy atom. The number of amides is 1. The molecule has 1 aromatic rings. The van der Waals surface area contributed by atoms with Crippen LogP contribution >= 0.6 is 0 Å². The Bertz CT molecular complexity index is 426. The number of aliphatic hydroxyl groups excluding tert-OH is 1. The Morgan fingerprint density at radius 1 is 1.45 bits per heavy atom. The van der Waals surface area contributed by atoms with Gasteiger partial charge in [0.25, 0.3) is 0 Å². The Morgan fingerprint density at radius 2 is 2.20 bits per heavy atom. The number of rotatable bonds is 4. The Kier molecular flexibility index (Phi) is 5.34. The number of carbonyl (C=O) groups excluding carboxylic acids is 1. The number of likely N-dealkylation sites (tertiary alicyclic amines) is 1. The molecule has 0 radical (unpaired) electrons. The highest BCUT2D eigenvalue weighted by Crippen LogP contribution is 2.13. The number of piperidine rings is 1. The Labute approximate surface area is 118 Å². The molecule has 2 N–H and O–H groups in total. The highest BCUT2D eigenvalue weighted by molar-refractivity contribution is 5.67. The summed E-state index contributed by atoms with van der Waals surface area (Å²) in [5.74, 6) is 0. The van der Waals surface area contributed by atoms with Crippen LogP contribution in [-0.2, 0) is 16.2 Å². The summed E-state index contributed by atoms with van der Waals surface area (Å²) in [4.78, 5) is 18.4. The van der Waals surface area contributed by atoms with Crippen molar-refractivity contribution in [2.75, 3.05) is 20.2 Å². The van der Waals surface area contributed by atoms with E-state index in [2.05, 4.69) is 5.48 Å². The fraction of sp³-hybridized carbons (Fsp3) is 0.500. The smallest absolute Gasteiger partial charge is 0.410 e. The normalized spacial score (nSPS) is 22.6. The molecular weight excluding hydrogens is 260 g/mol. The van der Waals surface area contributed by atoms with Gasteiger partial charge in [0.15, 0.2) is 0 Å². The molecule has 1 aliphatic rings. The van der Waals surface area contributed by atoms with Crippen LogP contribution in [0.4, 0.5) is 4.79 Å². The second-order valence-electron chi connectivity index (χ2n) is 4.77. The van der Waals surface area contributed by atoms with Gasteiger partial charge in [0.2, 0.25) is 0 Å². The summed E-state index contributed by atoms with van der Waals surface area (Å²) in [5, 5.41) is 9.79. The van der Waals surface area contributed by atoms with Crippen LogP contribution in [0.5, 0.6) is 0 Å². The maximum atomic E-state index is 12.0. The third-order valence-electron chi connectivity index (χ3n) is 3.31. The van der Waals surface area contributed by atoms with E-state index in [1.54, 1.807) is 4.90 Å². The van der Waals surface area contributed by atoms with Gasteiger partial charge in [0.1, 0.15) is 6.61 Å². The molecule has 6 nitrogen and oxygen atoms in total. The zero-order valence-corrected chi connectivity index (χ0v) is 11.5. The van der Waals surface area contributed by atoms with E-state index in [0.29, 0.717) is 19.5 Å². The van der Waals surface area contributed by atoms with E-state index in [4.69, 9.17) is 9.57 Å². The van der Waals surface area contributed by atoms with Crippen LogP contribution < -0.4 is 5.48 Å². The van der Waals surface area contributed by atoms with Gasteiger partial charge in [-0.1, -0.05) is 30.3 Å². The molecule has 1 amide bonds. The number of nitrogens with one attached hydrogen (secondary N) is 1. The van der Waals surface area contributed by atoms with Crippen LogP contribution in [0.15, 0.2) is 30.3 Å². The van der Waals surface area contributed by atoms with E-state index >= 15 is 0 Å². The molecule has 1 heterocycles. The third-order valence-corrected chi connectivity index (χ3v) is 3.31. The van der Waals surface area contributed by atoms with Crippen molar-refractivity contribution in [1.82, 2.24) is 10.4 Å². The lowest BCUT2D eigenvalue weighted by Crippen LogP contribution is -2.54. The van der Waals surface area contributed by atoms with Gasteiger partial charge in [-0.05, 0) is 12.0 Å². The molecular formula is C14H20N2O4. The number of hydrogen-bond donors (Lipinski definition) is 2. The highest BCUT2D eigenvalue weighted by Gasteiger charge is 2.30. The zero-order chi connectivity index (χ0) is 14.4. The molecule has 1 aromatic carbocycles. The molecule has 0 saturated carbocycles. The predicted molar refractivity (Wildman–Crippen MR) is 72.8 cm³/mol. The summed E-state index contributed by atoms with van der Waals surface area (Å²) in [7, 11) is 1.49. The molecule has 0 spiro atoms. The lowest BCUT2D eigenvalue weighted by molar-refractivity contribution is -0.0310. The number of benzene rings is 1. The lowest BCUT2D eigenvalue weighted by atomic mass is 10.0. The summed E-state index contributed by atoms with van der Waals surface area (Å²) < 4.78 is 5.27. The molecule has 1 saturated heterocycles. The molecule has 0 bridgehead atoms. The lowest BCUT2D eigenvalue weighted by Gasteiger charge is -2.35. The maximum Gasteiger partial charge on any atom is 0.410 e. The minimum absolute atomic E-state index is 0.251. The zero-order valence-electron chi connectivity index (χ0n) is 11.5. The van der Waals surface area contributed by atoms with E-state index < -0.39 is 6.10 Å². The van der Waals surface area contributed by atoms with Crippen LogP contribution in [0.3, 0.4) is 0 Å². The maximum absolute atomic E-state index is 12.0. The van der Waals surface area contributed by atoms with Crippen LogP contribution in [0.2, 0.25) is 0 Å². The first-order valence-electron chi connectivity index (χ1n) is 6.63. The molecule has 0 unspecified atom stereocenters. The third kappa shape index (κ3) is 3.93. The first-order chi connectivity index (χ1) is 9.70. The molecule has 1 fully saturated rings. The SMILES string of the molecule is CON[C@@H]1CN(C(=O)OCc2ccccc2)CC[C@@H]1O. The summed E-state index contributed by atoms with van der Waals surface area (Å²) in [5.41, 5.74) is 3.64. The van der Waals surface area contributed by atoms with Gasteiger partial charge in [-0.3, -0.25) is 0 Å². The van der Waals surface area contributed by atoms with Crippen molar-refractivity contribution in [3.8, 4) is 0 Å². The highest BCUT2D eigenvalue weighted by atomic mass is 16.6. The molecule has 0 aliphatic carbocycles. The monoisotopic (exact) mass is 280 g/mol. The van der Waals surface area contributed by atoms with Crippen LogP contribution in [0.25, 0.3) is 0 Å². The average Bonchev–Trinajstić information content (AvgIpc) is 2.48. The Hall–Kier alpha value is -1.63. The fourth-order valence-electron chi connectivity index (χ4n) is 2.18. The van der Waals surface area contributed by atoms with Crippen LogP contribution in [-0.4, -0.2) is 48.4 Å². The standard InChI is InChI=1S/C14H20N2O4/c1-19-15-12-9-16(8-7-13(12)17)14(18)20-10-11-5-3-2-4-6-11/h2-6,12-13,15,17H,7-10H2,1H3/t12-,13+/m1/s1. The van der Waals surface area contributed by atoms with Gasteiger partial charge in [-0.15, -0.1) is 0 Å². The second kappa shape index (κ2) is 7.23. The van der Waals surface area contributed by atoms with E-state index in [1.165, 1.54) is 7.11 Å². The number of hydroxylamine groups is 1. The molecule has 0 aromatic heterocycles. The van der Waals surface area contributed by atoms with E-state index in [1.807, 2.05) is 30.3 Å². The molecule has 2 atom stereocenters. The van der Waals surface area contributed by atoms with Crippen LogP contribution in [0.1, 0.15) is 12.0 Å². The van der Waals surface area contributed by atoms with Gasteiger partial charge in [-0.2, -0.15) is 5.48 Å². The summed E-state index contributed by atoms with van der Waals surface area (Å²) in [6.07, 6.45) is -0.390. The van der Waals surface area contributed by atoms with E-state index in [-0.39, 0.29) is 18.7 Å². The number of nitrogens with zero attached hydrogens (tertiary/aromatic N) is 1. The minimum atomic E-state index is -0.520. The van der Waals surface area contributed by atoms with Gasteiger partial charge < -0.3 is 19.6 Å². The van der Waals surface area contributed by atoms with Crippen molar-refractivity contribution in [3.63, 3.8) is 0 Å². The van der Waals surface area contributed by atoms with E-state index in [9.17, 15) is 9.90 Å². The number of carbonyl (C=O) groups is 1. The number of ether oxygens (including phenoxy) is 1. The van der Waals surface area contributed by atoms with Crippen molar-refractivity contribution in [2.45, 2.75) is 25.2 Å². The van der Waals surface area contributed by atoms with Crippen molar-refractivity contribution >= 4 is 6.09 Å². The van der Waals surface area contributed by atoms with Crippen molar-refractivity contribution in [2.24, 2.45) is 0 Å². The van der Waals surface area contributed by atoms with Crippen molar-refractivity contribution < 1.29 is 19.5 Å². The first-order valence-corrected chi connectivity index (χ1v) is 6.63. The minimum Gasteiger partial charge on any atom is -0.445 e. The average molecular weight is 280 g/mol. The number of hydrogen-bond acceptors (Lipinski definition) is 5. The largest absolute Gasteiger partial charge is 0.445 e. The van der Waals surface area contributed by atoms with Gasteiger partial charge in [-0.25, -0.2) is 4.79 Å². The summed E-state index contributed by atoms with van der Waals surface area (Å²) >= 11 is 0. The summed E-state index contributed by atoms with van der Waals surface area (Å²) in [6, 6.07) is 9.24. The molecule has 1 aliphatic heterocycles. The first kappa shape index (κ1) is 14.8. The fourth-order valence-corrected chi connectivity index (χ4v) is 2.18. The molecule has 2 rings (SSSR count). The van der Waals surface area contributed by atoms with Gasteiger partial charge in [0, 0.05) is 13.1 Å². The van der Waals surface area contributed by atoms with E-state index in [0.717, 1.165) is 5.56 Å². The van der Waals surface area contributed by atoms with Crippen molar-refractivity contribution in [3.05, 3.63) is 35.9 Å². The second-order valence-corrected chi connectivity index (χ2v) is 4.77. The molecule has 110 valence electrons. The Balaban J connectivity index is 1.83. The summed E-state index contributed by atoms with van der Waals surface area (Å²) in [6.45, 7) is 1.10.